The fraction of sp³-hybridized carbons (Fsp3) is 0.176. The van der Waals surface area contributed by atoms with Crippen molar-refractivity contribution in [2.75, 3.05) is 12.3 Å². The molecule has 0 bridgehead atoms. The van der Waals surface area contributed by atoms with Gasteiger partial charge in [-0.3, -0.25) is 0 Å². The number of hydrogen-bond donors (Lipinski definition) is 1. The second-order valence-corrected chi connectivity index (χ2v) is 4.58. The lowest BCUT2D eigenvalue weighted by atomic mass is 10.1. The maximum Gasteiger partial charge on any atom is 0.340 e. The zero-order valence-electron chi connectivity index (χ0n) is 12.2. The second kappa shape index (κ2) is 7.26. The van der Waals surface area contributed by atoms with E-state index in [2.05, 4.69) is 0 Å². The lowest BCUT2D eigenvalue weighted by Crippen LogP contribution is -2.08. The standard InChI is InChI=1S/C17H17NO4/c1-2-21-16(19)13-9-7-12(8-10-13)11-22-17(20)14-5-3-4-6-15(14)18/h3-10H,2,11,18H2,1H3. The molecule has 0 atom stereocenters. The second-order valence-electron chi connectivity index (χ2n) is 4.58. The number of ether oxygens (including phenoxy) is 2. The molecule has 0 saturated heterocycles. The summed E-state index contributed by atoms with van der Waals surface area (Å²) in [6, 6.07) is 13.4. The minimum Gasteiger partial charge on any atom is -0.462 e. The van der Waals surface area contributed by atoms with Crippen LogP contribution in [-0.2, 0) is 16.1 Å². The van der Waals surface area contributed by atoms with Crippen molar-refractivity contribution in [3.8, 4) is 0 Å². The number of benzene rings is 2. The Balaban J connectivity index is 1.96. The first-order valence-corrected chi connectivity index (χ1v) is 6.89. The molecule has 0 aromatic heterocycles. The Hall–Kier alpha value is -2.82. The maximum atomic E-state index is 11.9. The van der Waals surface area contributed by atoms with Gasteiger partial charge < -0.3 is 15.2 Å². The summed E-state index contributed by atoms with van der Waals surface area (Å²) >= 11 is 0. The summed E-state index contributed by atoms with van der Waals surface area (Å²) in [4.78, 5) is 23.4. The summed E-state index contributed by atoms with van der Waals surface area (Å²) < 4.78 is 10.1. The van der Waals surface area contributed by atoms with E-state index in [1.807, 2.05) is 0 Å². The number of anilines is 1. The van der Waals surface area contributed by atoms with E-state index in [0.717, 1.165) is 5.56 Å². The molecule has 2 N–H and O–H groups in total. The van der Waals surface area contributed by atoms with Crippen LogP contribution in [0.5, 0.6) is 0 Å². The molecule has 2 rings (SSSR count). The highest BCUT2D eigenvalue weighted by atomic mass is 16.5. The fourth-order valence-corrected chi connectivity index (χ4v) is 1.86. The van der Waals surface area contributed by atoms with Gasteiger partial charge in [0.05, 0.1) is 17.7 Å². The molecule has 5 nitrogen and oxygen atoms in total. The van der Waals surface area contributed by atoms with Crippen LogP contribution in [0, 0.1) is 0 Å². The molecule has 114 valence electrons. The van der Waals surface area contributed by atoms with Gasteiger partial charge >= 0.3 is 11.9 Å². The van der Waals surface area contributed by atoms with E-state index in [1.165, 1.54) is 0 Å². The van der Waals surface area contributed by atoms with E-state index in [4.69, 9.17) is 15.2 Å². The normalized spacial score (nSPS) is 10.0. The summed E-state index contributed by atoms with van der Waals surface area (Å²) in [5, 5.41) is 0. The van der Waals surface area contributed by atoms with Crippen LogP contribution in [0.3, 0.4) is 0 Å². The van der Waals surface area contributed by atoms with Crippen LogP contribution in [0.2, 0.25) is 0 Å². The van der Waals surface area contributed by atoms with Crippen molar-refractivity contribution in [3.63, 3.8) is 0 Å². The minimum absolute atomic E-state index is 0.107. The highest BCUT2D eigenvalue weighted by Crippen LogP contribution is 2.13. The molecule has 5 heteroatoms. The van der Waals surface area contributed by atoms with Gasteiger partial charge in [0.1, 0.15) is 6.61 Å². The van der Waals surface area contributed by atoms with E-state index in [1.54, 1.807) is 55.5 Å². The summed E-state index contributed by atoms with van der Waals surface area (Å²) in [6.07, 6.45) is 0. The molecule has 0 aliphatic rings. The molecule has 0 amide bonds. The number of nitrogen functional groups attached to an aromatic ring is 1. The Morgan fingerprint density at radius 3 is 2.27 bits per heavy atom. The highest BCUT2D eigenvalue weighted by Gasteiger charge is 2.11. The third kappa shape index (κ3) is 3.85. The van der Waals surface area contributed by atoms with Crippen molar-refractivity contribution < 1.29 is 19.1 Å². The Morgan fingerprint density at radius 2 is 1.64 bits per heavy atom. The first-order chi connectivity index (χ1) is 10.6. The topological polar surface area (TPSA) is 78.6 Å². The summed E-state index contributed by atoms with van der Waals surface area (Å²) in [6.45, 7) is 2.19. The smallest absolute Gasteiger partial charge is 0.340 e. The molecule has 22 heavy (non-hydrogen) atoms. The molecular weight excluding hydrogens is 282 g/mol. The van der Waals surface area contributed by atoms with Crippen LogP contribution in [0.25, 0.3) is 0 Å². The molecule has 0 spiro atoms. The molecule has 0 radical (unpaired) electrons. The van der Waals surface area contributed by atoms with Gasteiger partial charge in [0.25, 0.3) is 0 Å². The van der Waals surface area contributed by atoms with Crippen molar-refractivity contribution in [1.82, 2.24) is 0 Å². The van der Waals surface area contributed by atoms with Gasteiger partial charge in [-0.2, -0.15) is 0 Å². The summed E-state index contributed by atoms with van der Waals surface area (Å²) in [7, 11) is 0. The summed E-state index contributed by atoms with van der Waals surface area (Å²) in [5.74, 6) is -0.851. The number of esters is 2. The van der Waals surface area contributed by atoms with Crippen LogP contribution in [0.1, 0.15) is 33.2 Å². The fourth-order valence-electron chi connectivity index (χ4n) is 1.86. The van der Waals surface area contributed by atoms with Gasteiger partial charge in [-0.05, 0) is 36.8 Å². The van der Waals surface area contributed by atoms with Gasteiger partial charge in [0, 0.05) is 5.69 Å². The molecule has 2 aromatic carbocycles. The van der Waals surface area contributed by atoms with E-state index < -0.39 is 5.97 Å². The molecule has 0 unspecified atom stereocenters. The molecule has 0 aliphatic heterocycles. The minimum atomic E-state index is -0.479. The summed E-state index contributed by atoms with van der Waals surface area (Å²) in [5.41, 5.74) is 7.67. The Kier molecular flexibility index (Phi) is 5.14. The van der Waals surface area contributed by atoms with Gasteiger partial charge in [-0.15, -0.1) is 0 Å². The van der Waals surface area contributed by atoms with Crippen LogP contribution >= 0.6 is 0 Å². The van der Waals surface area contributed by atoms with Crippen molar-refractivity contribution in [1.29, 1.82) is 0 Å². The Labute approximate surface area is 128 Å². The largest absolute Gasteiger partial charge is 0.462 e. The predicted molar refractivity (Wildman–Crippen MR) is 82.4 cm³/mol. The third-order valence-corrected chi connectivity index (χ3v) is 3.02. The lowest BCUT2D eigenvalue weighted by Gasteiger charge is -2.07. The molecular formula is C17H17NO4. The monoisotopic (exact) mass is 299 g/mol. The van der Waals surface area contributed by atoms with Crippen LogP contribution in [-0.4, -0.2) is 18.5 Å². The van der Waals surface area contributed by atoms with Gasteiger partial charge in [-0.1, -0.05) is 24.3 Å². The highest BCUT2D eigenvalue weighted by molar-refractivity contribution is 5.95. The number of carbonyl (C=O) groups excluding carboxylic acids is 2. The zero-order chi connectivity index (χ0) is 15.9. The average Bonchev–Trinajstić information content (AvgIpc) is 2.54. The first kappa shape index (κ1) is 15.6. The van der Waals surface area contributed by atoms with E-state index >= 15 is 0 Å². The van der Waals surface area contributed by atoms with Gasteiger partial charge in [0.2, 0.25) is 0 Å². The average molecular weight is 299 g/mol. The van der Waals surface area contributed by atoms with Crippen LogP contribution in [0.4, 0.5) is 5.69 Å². The third-order valence-electron chi connectivity index (χ3n) is 3.02. The van der Waals surface area contributed by atoms with Gasteiger partial charge in [0.15, 0.2) is 0 Å². The predicted octanol–water partition coefficient (Wildman–Crippen LogP) is 2.80. The quantitative estimate of drug-likeness (QED) is 0.678. The van der Waals surface area contributed by atoms with Crippen molar-refractivity contribution >= 4 is 17.6 Å². The number of rotatable bonds is 5. The molecule has 0 aliphatic carbocycles. The van der Waals surface area contributed by atoms with Crippen LogP contribution < -0.4 is 5.73 Å². The van der Waals surface area contributed by atoms with Crippen LogP contribution in [0.15, 0.2) is 48.5 Å². The van der Waals surface area contributed by atoms with Crippen molar-refractivity contribution in [2.45, 2.75) is 13.5 Å². The van der Waals surface area contributed by atoms with Crippen molar-refractivity contribution in [2.24, 2.45) is 0 Å². The molecule has 0 fully saturated rings. The maximum absolute atomic E-state index is 11.9. The Bertz CT molecular complexity index is 665. The van der Waals surface area contributed by atoms with E-state index in [9.17, 15) is 9.59 Å². The molecule has 0 heterocycles. The van der Waals surface area contributed by atoms with E-state index in [0.29, 0.717) is 23.4 Å². The van der Waals surface area contributed by atoms with Gasteiger partial charge in [-0.25, -0.2) is 9.59 Å². The van der Waals surface area contributed by atoms with Crippen molar-refractivity contribution in [3.05, 3.63) is 65.2 Å². The zero-order valence-corrected chi connectivity index (χ0v) is 12.2. The molecule has 0 saturated carbocycles. The first-order valence-electron chi connectivity index (χ1n) is 6.89. The van der Waals surface area contributed by atoms with E-state index in [-0.39, 0.29) is 12.6 Å². The SMILES string of the molecule is CCOC(=O)c1ccc(COC(=O)c2ccccc2N)cc1. The number of nitrogens with two attached hydrogens (primary N) is 1. The Morgan fingerprint density at radius 1 is 0.955 bits per heavy atom. The number of hydrogen-bond acceptors (Lipinski definition) is 5. The number of para-hydroxylation sites is 1. The lowest BCUT2D eigenvalue weighted by molar-refractivity contribution is 0.0470. The molecule has 2 aromatic rings. The number of carbonyl (C=O) groups is 2.